The minimum absolute atomic E-state index is 0.201. The number of nitrogens with zero attached hydrogens (tertiary/aromatic N) is 2. The highest BCUT2D eigenvalue weighted by atomic mass is 79.9. The summed E-state index contributed by atoms with van der Waals surface area (Å²) in [4.78, 5) is 4.84. The van der Waals surface area contributed by atoms with Crippen LogP contribution >= 0.6 is 15.9 Å². The number of nitrogens with one attached hydrogen (secondary N) is 1. The normalized spacial score (nSPS) is 17.8. The summed E-state index contributed by atoms with van der Waals surface area (Å²) >= 11 is 3.39. The van der Waals surface area contributed by atoms with Gasteiger partial charge in [-0.3, -0.25) is 4.90 Å². The molecule has 0 amide bonds. The molecule has 0 aromatic heterocycles. The number of hydrogen-bond acceptors (Lipinski definition) is 3. The lowest BCUT2D eigenvalue weighted by molar-refractivity contribution is 0.154. The second kappa shape index (κ2) is 7.33. The average molecular weight is 330 g/mol. The van der Waals surface area contributed by atoms with E-state index in [1.807, 2.05) is 6.07 Å². The van der Waals surface area contributed by atoms with Crippen molar-refractivity contribution in [1.82, 2.24) is 15.1 Å². The Bertz CT molecular complexity index is 406. The molecule has 1 aliphatic rings. The molecule has 0 saturated carbocycles. The van der Waals surface area contributed by atoms with Gasteiger partial charge >= 0.3 is 0 Å². The van der Waals surface area contributed by atoms with Crippen LogP contribution in [0, 0.1) is 5.82 Å². The SMILES string of the molecule is CN1CCN(CCNCc2ccc(F)cc2Br)CC1. The molecule has 1 heterocycles. The quantitative estimate of drug-likeness (QED) is 0.833. The van der Waals surface area contributed by atoms with Crippen molar-refractivity contribution < 1.29 is 4.39 Å². The summed E-state index contributed by atoms with van der Waals surface area (Å²) in [6.07, 6.45) is 0. The van der Waals surface area contributed by atoms with Gasteiger partial charge < -0.3 is 10.2 Å². The molecule has 1 aliphatic heterocycles. The second-order valence-electron chi connectivity index (χ2n) is 5.06. The number of likely N-dealkylation sites (N-methyl/N-ethyl adjacent to an activating group) is 1. The summed E-state index contributed by atoms with van der Waals surface area (Å²) in [5, 5.41) is 3.41. The Morgan fingerprint density at radius 3 is 2.68 bits per heavy atom. The van der Waals surface area contributed by atoms with Gasteiger partial charge in [0.15, 0.2) is 0 Å². The van der Waals surface area contributed by atoms with E-state index >= 15 is 0 Å². The Morgan fingerprint density at radius 1 is 1.26 bits per heavy atom. The van der Waals surface area contributed by atoms with E-state index in [-0.39, 0.29) is 5.82 Å². The van der Waals surface area contributed by atoms with Crippen molar-refractivity contribution in [3.63, 3.8) is 0 Å². The average Bonchev–Trinajstić information content (AvgIpc) is 2.39. The van der Waals surface area contributed by atoms with Crippen LogP contribution in [0.1, 0.15) is 5.56 Å². The molecule has 106 valence electrons. The first-order valence-electron chi connectivity index (χ1n) is 6.71. The van der Waals surface area contributed by atoms with Gasteiger partial charge in [-0.25, -0.2) is 4.39 Å². The van der Waals surface area contributed by atoms with Crippen molar-refractivity contribution in [2.24, 2.45) is 0 Å². The Morgan fingerprint density at radius 2 is 2.00 bits per heavy atom. The van der Waals surface area contributed by atoms with E-state index in [4.69, 9.17) is 0 Å². The predicted octanol–water partition coefficient (Wildman–Crippen LogP) is 1.93. The fourth-order valence-corrected chi connectivity index (χ4v) is 2.69. The number of benzene rings is 1. The molecule has 1 N–H and O–H groups in total. The Kier molecular flexibility index (Phi) is 5.76. The minimum atomic E-state index is -0.201. The Hall–Kier alpha value is -0.490. The third-order valence-electron chi connectivity index (χ3n) is 3.53. The van der Waals surface area contributed by atoms with Gasteiger partial charge in [0.2, 0.25) is 0 Å². The molecule has 0 bridgehead atoms. The lowest BCUT2D eigenvalue weighted by Gasteiger charge is -2.32. The fraction of sp³-hybridized carbons (Fsp3) is 0.571. The van der Waals surface area contributed by atoms with Gasteiger partial charge in [0.05, 0.1) is 0 Å². The van der Waals surface area contributed by atoms with E-state index in [0.717, 1.165) is 55.8 Å². The molecule has 1 saturated heterocycles. The molecule has 1 fully saturated rings. The van der Waals surface area contributed by atoms with Crippen LogP contribution < -0.4 is 5.32 Å². The highest BCUT2D eigenvalue weighted by Gasteiger charge is 2.12. The zero-order valence-corrected chi connectivity index (χ0v) is 12.9. The third kappa shape index (κ3) is 4.84. The molecular formula is C14H21BrFN3. The van der Waals surface area contributed by atoms with E-state index in [2.05, 4.69) is 38.1 Å². The largest absolute Gasteiger partial charge is 0.311 e. The molecule has 0 spiro atoms. The van der Waals surface area contributed by atoms with Gasteiger partial charge in [0.1, 0.15) is 5.82 Å². The first kappa shape index (κ1) is 14.9. The van der Waals surface area contributed by atoms with E-state index in [0.29, 0.717) is 0 Å². The van der Waals surface area contributed by atoms with Crippen LogP contribution in [-0.4, -0.2) is 56.1 Å². The highest BCUT2D eigenvalue weighted by molar-refractivity contribution is 9.10. The first-order valence-corrected chi connectivity index (χ1v) is 7.50. The second-order valence-corrected chi connectivity index (χ2v) is 5.91. The van der Waals surface area contributed by atoms with Crippen molar-refractivity contribution in [3.05, 3.63) is 34.1 Å². The van der Waals surface area contributed by atoms with Crippen molar-refractivity contribution in [1.29, 1.82) is 0 Å². The zero-order chi connectivity index (χ0) is 13.7. The van der Waals surface area contributed by atoms with Crippen LogP contribution in [0.2, 0.25) is 0 Å². The molecule has 1 aromatic carbocycles. The van der Waals surface area contributed by atoms with Crippen LogP contribution in [0.4, 0.5) is 4.39 Å². The smallest absolute Gasteiger partial charge is 0.124 e. The molecule has 19 heavy (non-hydrogen) atoms. The zero-order valence-electron chi connectivity index (χ0n) is 11.3. The minimum Gasteiger partial charge on any atom is -0.311 e. The van der Waals surface area contributed by atoms with Crippen molar-refractivity contribution in [2.45, 2.75) is 6.54 Å². The van der Waals surface area contributed by atoms with Crippen LogP contribution in [0.15, 0.2) is 22.7 Å². The molecule has 3 nitrogen and oxygen atoms in total. The van der Waals surface area contributed by atoms with E-state index < -0.39 is 0 Å². The Labute approximate surface area is 122 Å². The van der Waals surface area contributed by atoms with Crippen molar-refractivity contribution in [3.8, 4) is 0 Å². The Balaban J connectivity index is 1.66. The molecule has 0 aliphatic carbocycles. The van der Waals surface area contributed by atoms with E-state index in [1.54, 1.807) is 0 Å². The highest BCUT2D eigenvalue weighted by Crippen LogP contribution is 2.17. The molecule has 0 atom stereocenters. The number of halogens is 2. The molecule has 2 rings (SSSR count). The first-order chi connectivity index (χ1) is 9.15. The van der Waals surface area contributed by atoms with E-state index in [9.17, 15) is 4.39 Å². The standard InChI is InChI=1S/C14H21BrFN3/c1-18-6-8-19(9-7-18)5-4-17-11-12-2-3-13(16)10-14(12)15/h2-3,10,17H,4-9,11H2,1H3. The summed E-state index contributed by atoms with van der Waals surface area (Å²) in [6.45, 7) is 7.43. The molecule has 0 radical (unpaired) electrons. The lowest BCUT2D eigenvalue weighted by Crippen LogP contribution is -2.46. The maximum absolute atomic E-state index is 12.9. The number of hydrogen-bond donors (Lipinski definition) is 1. The van der Waals surface area contributed by atoms with E-state index in [1.165, 1.54) is 12.1 Å². The summed E-state index contributed by atoms with van der Waals surface area (Å²) in [5.74, 6) is -0.201. The van der Waals surface area contributed by atoms with Gasteiger partial charge in [-0.15, -0.1) is 0 Å². The summed E-state index contributed by atoms with van der Waals surface area (Å²) in [6, 6.07) is 4.84. The lowest BCUT2D eigenvalue weighted by atomic mass is 10.2. The van der Waals surface area contributed by atoms with Gasteiger partial charge in [0, 0.05) is 50.3 Å². The number of piperazine rings is 1. The topological polar surface area (TPSA) is 18.5 Å². The maximum Gasteiger partial charge on any atom is 0.124 e. The van der Waals surface area contributed by atoms with Gasteiger partial charge in [-0.05, 0) is 24.7 Å². The summed E-state index contributed by atoms with van der Waals surface area (Å²) in [7, 11) is 2.17. The van der Waals surface area contributed by atoms with Crippen LogP contribution in [-0.2, 0) is 6.54 Å². The predicted molar refractivity (Wildman–Crippen MR) is 79.7 cm³/mol. The molecular weight excluding hydrogens is 309 g/mol. The van der Waals surface area contributed by atoms with Crippen LogP contribution in [0.5, 0.6) is 0 Å². The van der Waals surface area contributed by atoms with Gasteiger partial charge in [-0.1, -0.05) is 22.0 Å². The van der Waals surface area contributed by atoms with Crippen LogP contribution in [0.3, 0.4) is 0 Å². The summed E-state index contributed by atoms with van der Waals surface area (Å²) < 4.78 is 13.8. The van der Waals surface area contributed by atoms with Gasteiger partial charge in [-0.2, -0.15) is 0 Å². The maximum atomic E-state index is 12.9. The molecule has 0 unspecified atom stereocenters. The monoisotopic (exact) mass is 329 g/mol. The van der Waals surface area contributed by atoms with Crippen molar-refractivity contribution in [2.75, 3.05) is 46.3 Å². The van der Waals surface area contributed by atoms with Crippen LogP contribution in [0.25, 0.3) is 0 Å². The third-order valence-corrected chi connectivity index (χ3v) is 4.27. The molecule has 5 heteroatoms. The molecule has 1 aromatic rings. The summed E-state index contributed by atoms with van der Waals surface area (Å²) in [5.41, 5.74) is 1.10. The number of rotatable bonds is 5. The van der Waals surface area contributed by atoms with Crippen molar-refractivity contribution >= 4 is 15.9 Å². The van der Waals surface area contributed by atoms with Gasteiger partial charge in [0.25, 0.3) is 0 Å². The fourth-order valence-electron chi connectivity index (χ4n) is 2.20.